The van der Waals surface area contributed by atoms with Crippen molar-refractivity contribution in [3.63, 3.8) is 0 Å². The lowest BCUT2D eigenvalue weighted by molar-refractivity contribution is -0.137. The highest BCUT2D eigenvalue weighted by Gasteiger charge is 2.25. The lowest BCUT2D eigenvalue weighted by Crippen LogP contribution is -2.49. The predicted octanol–water partition coefficient (Wildman–Crippen LogP) is 0.950. The van der Waals surface area contributed by atoms with Crippen LogP contribution in [0.3, 0.4) is 0 Å². The Bertz CT molecular complexity index is 273. The summed E-state index contributed by atoms with van der Waals surface area (Å²) in [5, 5.41) is 9.13. The Balaban J connectivity index is 2.56. The number of urea groups is 1. The molecule has 1 aliphatic rings. The fourth-order valence-electron chi connectivity index (χ4n) is 1.67. The summed E-state index contributed by atoms with van der Waals surface area (Å²) in [6, 6.07) is -0.156. The lowest BCUT2D eigenvalue weighted by Gasteiger charge is -2.34. The Kier molecular flexibility index (Phi) is 4.92. The van der Waals surface area contributed by atoms with E-state index in [1.54, 1.807) is 11.8 Å². The number of thioether (sulfide) groups is 1. The molecule has 0 aromatic rings. The van der Waals surface area contributed by atoms with Crippen molar-refractivity contribution < 1.29 is 14.7 Å². The van der Waals surface area contributed by atoms with Crippen LogP contribution in [0.25, 0.3) is 0 Å². The van der Waals surface area contributed by atoms with Crippen molar-refractivity contribution in [1.29, 1.82) is 0 Å². The van der Waals surface area contributed by atoms with Crippen LogP contribution in [0.2, 0.25) is 0 Å². The van der Waals surface area contributed by atoms with Crippen LogP contribution in [0.4, 0.5) is 4.79 Å². The molecule has 0 aliphatic carbocycles. The highest BCUT2D eigenvalue weighted by atomic mass is 32.2. The number of aliphatic carboxylic acids is 1. The predicted molar refractivity (Wildman–Crippen MR) is 63.8 cm³/mol. The average Bonchev–Trinajstić information content (AvgIpc) is 2.24. The van der Waals surface area contributed by atoms with E-state index in [0.717, 1.165) is 5.75 Å². The molecule has 0 aromatic heterocycles. The van der Waals surface area contributed by atoms with Crippen molar-refractivity contribution in [2.45, 2.75) is 19.1 Å². The van der Waals surface area contributed by atoms with E-state index in [-0.39, 0.29) is 12.6 Å². The first-order chi connectivity index (χ1) is 7.54. The molecule has 1 N–H and O–H groups in total. The van der Waals surface area contributed by atoms with Crippen LogP contribution in [0.1, 0.15) is 13.8 Å². The van der Waals surface area contributed by atoms with Gasteiger partial charge in [-0.2, -0.15) is 11.8 Å². The summed E-state index contributed by atoms with van der Waals surface area (Å²) in [6.07, 6.45) is 0. The lowest BCUT2D eigenvalue weighted by atomic mass is 10.4. The van der Waals surface area contributed by atoms with Crippen molar-refractivity contribution >= 4 is 23.8 Å². The Labute approximate surface area is 99.8 Å². The van der Waals surface area contributed by atoms with E-state index in [1.807, 2.05) is 11.8 Å². The van der Waals surface area contributed by atoms with Gasteiger partial charge < -0.3 is 14.9 Å². The maximum absolute atomic E-state index is 12.0. The van der Waals surface area contributed by atoms with E-state index < -0.39 is 5.97 Å². The Morgan fingerprint density at radius 1 is 1.56 bits per heavy atom. The monoisotopic (exact) mass is 246 g/mol. The van der Waals surface area contributed by atoms with Gasteiger partial charge in [-0.15, -0.1) is 0 Å². The van der Waals surface area contributed by atoms with Gasteiger partial charge in [-0.25, -0.2) is 4.79 Å². The molecule has 0 spiro atoms. The molecular weight excluding hydrogens is 228 g/mol. The van der Waals surface area contributed by atoms with Crippen LogP contribution in [0.5, 0.6) is 0 Å². The number of carboxylic acids is 1. The fraction of sp³-hybridized carbons (Fsp3) is 0.800. The molecule has 16 heavy (non-hydrogen) atoms. The van der Waals surface area contributed by atoms with E-state index in [1.165, 1.54) is 4.90 Å². The van der Waals surface area contributed by atoms with Crippen molar-refractivity contribution in [3.8, 4) is 0 Å². The minimum Gasteiger partial charge on any atom is -0.480 e. The highest BCUT2D eigenvalue weighted by Crippen LogP contribution is 2.18. The number of hydrogen-bond acceptors (Lipinski definition) is 3. The van der Waals surface area contributed by atoms with Crippen LogP contribution >= 0.6 is 11.8 Å². The van der Waals surface area contributed by atoms with E-state index in [4.69, 9.17) is 5.11 Å². The molecule has 5 nitrogen and oxygen atoms in total. The van der Waals surface area contributed by atoms with E-state index in [0.29, 0.717) is 24.9 Å². The standard InChI is InChI=1S/C10H18N2O3S/c1-3-11(7-9(13)14)10(15)12-4-5-16-8(2)6-12/h8H,3-7H2,1-2H3,(H,13,14). The molecule has 1 unspecified atom stereocenters. The van der Waals surface area contributed by atoms with E-state index >= 15 is 0 Å². The molecule has 1 fully saturated rings. The van der Waals surface area contributed by atoms with Crippen LogP contribution < -0.4 is 0 Å². The molecular formula is C10H18N2O3S. The topological polar surface area (TPSA) is 60.9 Å². The van der Waals surface area contributed by atoms with Gasteiger partial charge in [0.15, 0.2) is 0 Å². The highest BCUT2D eigenvalue weighted by molar-refractivity contribution is 7.99. The van der Waals surface area contributed by atoms with Crippen LogP contribution in [0, 0.1) is 0 Å². The molecule has 1 atom stereocenters. The molecule has 2 amide bonds. The Morgan fingerprint density at radius 3 is 2.75 bits per heavy atom. The van der Waals surface area contributed by atoms with Gasteiger partial charge in [-0.05, 0) is 6.92 Å². The summed E-state index contributed by atoms with van der Waals surface area (Å²) in [7, 11) is 0. The minimum atomic E-state index is -0.963. The molecule has 0 aromatic carbocycles. The SMILES string of the molecule is CCN(CC(=O)O)C(=O)N1CCSC(C)C1. The fourth-order valence-corrected chi connectivity index (χ4v) is 2.68. The number of carbonyl (C=O) groups is 2. The maximum Gasteiger partial charge on any atom is 0.323 e. The van der Waals surface area contributed by atoms with Crippen LogP contribution in [-0.2, 0) is 4.79 Å². The number of carbonyl (C=O) groups excluding carboxylic acids is 1. The molecule has 1 rings (SSSR count). The molecule has 1 saturated heterocycles. The summed E-state index contributed by atoms with van der Waals surface area (Å²) < 4.78 is 0. The maximum atomic E-state index is 12.0. The molecule has 0 bridgehead atoms. The number of likely N-dealkylation sites (N-methyl/N-ethyl adjacent to an activating group) is 1. The normalized spacial score (nSPS) is 20.6. The zero-order chi connectivity index (χ0) is 12.1. The first kappa shape index (κ1) is 13.2. The van der Waals surface area contributed by atoms with Gasteiger partial charge in [0, 0.05) is 30.6 Å². The van der Waals surface area contributed by atoms with Crippen molar-refractivity contribution in [2.75, 3.05) is 31.9 Å². The van der Waals surface area contributed by atoms with Gasteiger partial charge in [0.25, 0.3) is 0 Å². The second-order valence-electron chi connectivity index (χ2n) is 3.82. The first-order valence-electron chi connectivity index (χ1n) is 5.41. The molecule has 0 saturated carbocycles. The van der Waals surface area contributed by atoms with E-state index in [9.17, 15) is 9.59 Å². The summed E-state index contributed by atoms with van der Waals surface area (Å²) in [5.74, 6) is -0.0352. The second-order valence-corrected chi connectivity index (χ2v) is 5.36. The number of rotatable bonds is 3. The Morgan fingerprint density at radius 2 is 2.25 bits per heavy atom. The van der Waals surface area contributed by atoms with Crippen LogP contribution in [0.15, 0.2) is 0 Å². The number of hydrogen-bond donors (Lipinski definition) is 1. The smallest absolute Gasteiger partial charge is 0.323 e. The van der Waals surface area contributed by atoms with Crippen molar-refractivity contribution in [2.24, 2.45) is 0 Å². The zero-order valence-electron chi connectivity index (χ0n) is 9.68. The Hall–Kier alpha value is -0.910. The van der Waals surface area contributed by atoms with Gasteiger partial charge in [0.05, 0.1) is 0 Å². The summed E-state index contributed by atoms with van der Waals surface area (Å²) in [5.41, 5.74) is 0. The van der Waals surface area contributed by atoms with Gasteiger partial charge in [-0.3, -0.25) is 4.79 Å². The van der Waals surface area contributed by atoms with Crippen molar-refractivity contribution in [3.05, 3.63) is 0 Å². The molecule has 92 valence electrons. The minimum absolute atomic E-state index is 0.156. The number of nitrogens with zero attached hydrogens (tertiary/aromatic N) is 2. The van der Waals surface area contributed by atoms with Gasteiger partial charge in [0.2, 0.25) is 0 Å². The van der Waals surface area contributed by atoms with Crippen molar-refractivity contribution in [1.82, 2.24) is 9.80 Å². The first-order valence-corrected chi connectivity index (χ1v) is 6.46. The zero-order valence-corrected chi connectivity index (χ0v) is 10.5. The van der Waals surface area contributed by atoms with Crippen LogP contribution in [-0.4, -0.2) is 64.1 Å². The summed E-state index contributed by atoms with van der Waals surface area (Å²) in [4.78, 5) is 25.7. The third-order valence-electron chi connectivity index (χ3n) is 2.49. The summed E-state index contributed by atoms with van der Waals surface area (Å²) >= 11 is 1.84. The molecule has 1 heterocycles. The second kappa shape index (κ2) is 5.98. The quantitative estimate of drug-likeness (QED) is 0.805. The number of carboxylic acid groups (broad SMARTS) is 1. The third-order valence-corrected chi connectivity index (χ3v) is 3.63. The molecule has 0 radical (unpaired) electrons. The largest absolute Gasteiger partial charge is 0.480 e. The van der Waals surface area contributed by atoms with Gasteiger partial charge >= 0.3 is 12.0 Å². The third kappa shape index (κ3) is 3.59. The average molecular weight is 246 g/mol. The number of amides is 2. The van der Waals surface area contributed by atoms with Gasteiger partial charge in [-0.1, -0.05) is 6.92 Å². The van der Waals surface area contributed by atoms with Gasteiger partial charge in [0.1, 0.15) is 6.54 Å². The van der Waals surface area contributed by atoms with E-state index in [2.05, 4.69) is 6.92 Å². The molecule has 6 heteroatoms. The molecule has 1 aliphatic heterocycles. The summed E-state index contributed by atoms with van der Waals surface area (Å²) in [6.45, 7) is 5.51.